The lowest BCUT2D eigenvalue weighted by molar-refractivity contribution is 0.301. The van der Waals surface area contributed by atoms with E-state index in [1.54, 1.807) is 4.90 Å². The van der Waals surface area contributed by atoms with Gasteiger partial charge in [0.2, 0.25) is 0 Å². The first-order valence-electron chi connectivity index (χ1n) is 4.49. The smallest absolute Gasteiger partial charge is 0.298 e. The average Bonchev–Trinajstić information content (AvgIpc) is 2.61. The number of benzene rings is 1. The standard InChI is InChI=1S/C10H12N2O2/c1-12(6-7-13)10-11-8-4-2-3-5-9(8)14-10/h2-5,13H,6-7H2,1H3. The van der Waals surface area contributed by atoms with Gasteiger partial charge >= 0.3 is 0 Å². The molecule has 0 atom stereocenters. The minimum absolute atomic E-state index is 0.0925. The highest BCUT2D eigenvalue weighted by molar-refractivity contribution is 5.74. The van der Waals surface area contributed by atoms with Gasteiger partial charge in [-0.05, 0) is 12.1 Å². The summed E-state index contributed by atoms with van der Waals surface area (Å²) in [4.78, 5) is 6.06. The van der Waals surface area contributed by atoms with Crippen LogP contribution < -0.4 is 4.90 Å². The van der Waals surface area contributed by atoms with E-state index in [4.69, 9.17) is 9.52 Å². The first kappa shape index (κ1) is 9.02. The Morgan fingerprint density at radius 3 is 2.93 bits per heavy atom. The van der Waals surface area contributed by atoms with Crippen LogP contribution in [0.15, 0.2) is 28.7 Å². The van der Waals surface area contributed by atoms with Gasteiger partial charge in [0.15, 0.2) is 5.58 Å². The highest BCUT2D eigenvalue weighted by atomic mass is 16.4. The van der Waals surface area contributed by atoms with E-state index in [-0.39, 0.29) is 6.61 Å². The minimum atomic E-state index is 0.0925. The van der Waals surface area contributed by atoms with Gasteiger partial charge in [0.25, 0.3) is 6.01 Å². The molecule has 74 valence electrons. The molecule has 0 amide bonds. The molecule has 0 aliphatic rings. The molecule has 0 saturated carbocycles. The SMILES string of the molecule is CN(CCO)c1nc2ccccc2o1. The van der Waals surface area contributed by atoms with Crippen molar-refractivity contribution >= 4 is 17.1 Å². The molecule has 14 heavy (non-hydrogen) atoms. The second-order valence-electron chi connectivity index (χ2n) is 3.11. The third-order valence-corrected chi connectivity index (χ3v) is 2.04. The molecule has 0 unspecified atom stereocenters. The fourth-order valence-electron chi connectivity index (χ4n) is 1.27. The van der Waals surface area contributed by atoms with Crippen LogP contribution in [0.2, 0.25) is 0 Å². The summed E-state index contributed by atoms with van der Waals surface area (Å²) in [5, 5.41) is 8.76. The summed E-state index contributed by atoms with van der Waals surface area (Å²) in [5.74, 6) is 0. The van der Waals surface area contributed by atoms with Crippen molar-refractivity contribution in [3.8, 4) is 0 Å². The number of oxazole rings is 1. The number of aromatic nitrogens is 1. The van der Waals surface area contributed by atoms with Crippen molar-refractivity contribution in [1.29, 1.82) is 0 Å². The van der Waals surface area contributed by atoms with Crippen LogP contribution in [-0.4, -0.2) is 30.3 Å². The number of hydrogen-bond donors (Lipinski definition) is 1. The molecule has 4 heteroatoms. The van der Waals surface area contributed by atoms with Gasteiger partial charge in [0, 0.05) is 13.6 Å². The lowest BCUT2D eigenvalue weighted by atomic mass is 10.3. The maximum Gasteiger partial charge on any atom is 0.298 e. The van der Waals surface area contributed by atoms with E-state index in [2.05, 4.69) is 4.98 Å². The average molecular weight is 192 g/mol. The van der Waals surface area contributed by atoms with Crippen molar-refractivity contribution < 1.29 is 9.52 Å². The van der Waals surface area contributed by atoms with Crippen molar-refractivity contribution in [2.45, 2.75) is 0 Å². The van der Waals surface area contributed by atoms with Crippen LogP contribution in [0.3, 0.4) is 0 Å². The van der Waals surface area contributed by atoms with Crippen LogP contribution >= 0.6 is 0 Å². The summed E-state index contributed by atoms with van der Waals surface area (Å²) in [6.45, 7) is 0.613. The Labute approximate surface area is 81.8 Å². The Kier molecular flexibility index (Phi) is 2.37. The van der Waals surface area contributed by atoms with Gasteiger partial charge < -0.3 is 14.4 Å². The second-order valence-corrected chi connectivity index (χ2v) is 3.11. The van der Waals surface area contributed by atoms with E-state index >= 15 is 0 Å². The second kappa shape index (κ2) is 3.67. The van der Waals surface area contributed by atoms with Crippen LogP contribution in [0, 0.1) is 0 Å². The number of aliphatic hydroxyl groups excluding tert-OH is 1. The van der Waals surface area contributed by atoms with Crippen molar-refractivity contribution in [2.24, 2.45) is 0 Å². The minimum Gasteiger partial charge on any atom is -0.423 e. The number of aliphatic hydroxyl groups is 1. The van der Waals surface area contributed by atoms with Crippen molar-refractivity contribution in [2.75, 3.05) is 25.1 Å². The Morgan fingerprint density at radius 2 is 2.21 bits per heavy atom. The highest BCUT2D eigenvalue weighted by Crippen LogP contribution is 2.20. The molecular weight excluding hydrogens is 180 g/mol. The summed E-state index contributed by atoms with van der Waals surface area (Å²) < 4.78 is 5.49. The maximum absolute atomic E-state index is 8.76. The number of nitrogens with zero attached hydrogens (tertiary/aromatic N) is 2. The molecular formula is C10H12N2O2. The van der Waals surface area contributed by atoms with Gasteiger partial charge in [0.05, 0.1) is 6.61 Å². The number of fused-ring (bicyclic) bond motifs is 1. The lowest BCUT2D eigenvalue weighted by Crippen LogP contribution is -2.21. The summed E-state index contributed by atoms with van der Waals surface area (Å²) in [6.07, 6.45) is 0. The van der Waals surface area contributed by atoms with Crippen molar-refractivity contribution in [3.63, 3.8) is 0 Å². The Balaban J connectivity index is 2.35. The third kappa shape index (κ3) is 1.56. The number of para-hydroxylation sites is 2. The van der Waals surface area contributed by atoms with E-state index in [0.717, 1.165) is 11.1 Å². The van der Waals surface area contributed by atoms with Crippen LogP contribution in [0.5, 0.6) is 0 Å². The molecule has 0 aliphatic heterocycles. The summed E-state index contributed by atoms with van der Waals surface area (Å²) in [6, 6.07) is 8.14. The van der Waals surface area contributed by atoms with Crippen LogP contribution in [0.25, 0.3) is 11.1 Å². The first-order valence-corrected chi connectivity index (χ1v) is 4.49. The van der Waals surface area contributed by atoms with E-state index in [1.807, 2.05) is 31.3 Å². The molecule has 0 spiro atoms. The largest absolute Gasteiger partial charge is 0.423 e. The number of likely N-dealkylation sites (N-methyl/N-ethyl adjacent to an activating group) is 1. The van der Waals surface area contributed by atoms with Crippen LogP contribution in [0.1, 0.15) is 0 Å². The molecule has 1 heterocycles. The molecule has 2 rings (SSSR count). The van der Waals surface area contributed by atoms with Gasteiger partial charge in [-0.1, -0.05) is 12.1 Å². The Bertz CT molecular complexity index is 392. The maximum atomic E-state index is 8.76. The summed E-state index contributed by atoms with van der Waals surface area (Å²) in [7, 11) is 1.83. The quantitative estimate of drug-likeness (QED) is 0.795. The fraction of sp³-hybridized carbons (Fsp3) is 0.300. The van der Waals surface area contributed by atoms with E-state index in [9.17, 15) is 0 Å². The van der Waals surface area contributed by atoms with Gasteiger partial charge in [-0.2, -0.15) is 4.98 Å². The highest BCUT2D eigenvalue weighted by Gasteiger charge is 2.08. The predicted octanol–water partition coefficient (Wildman–Crippen LogP) is 1.26. The zero-order valence-electron chi connectivity index (χ0n) is 7.97. The third-order valence-electron chi connectivity index (χ3n) is 2.04. The fourth-order valence-corrected chi connectivity index (χ4v) is 1.27. The number of anilines is 1. The monoisotopic (exact) mass is 192 g/mol. The predicted molar refractivity (Wildman–Crippen MR) is 54.4 cm³/mol. The van der Waals surface area contributed by atoms with Gasteiger partial charge in [-0.3, -0.25) is 0 Å². The zero-order chi connectivity index (χ0) is 9.97. The molecule has 1 aromatic heterocycles. The number of hydrogen-bond acceptors (Lipinski definition) is 4. The lowest BCUT2D eigenvalue weighted by Gasteiger charge is -2.11. The topological polar surface area (TPSA) is 49.5 Å². The summed E-state index contributed by atoms with van der Waals surface area (Å²) >= 11 is 0. The Hall–Kier alpha value is -1.55. The van der Waals surface area contributed by atoms with E-state index < -0.39 is 0 Å². The Morgan fingerprint density at radius 1 is 1.43 bits per heavy atom. The number of rotatable bonds is 3. The molecule has 4 nitrogen and oxygen atoms in total. The molecule has 0 radical (unpaired) electrons. The van der Waals surface area contributed by atoms with Crippen LogP contribution in [-0.2, 0) is 0 Å². The van der Waals surface area contributed by atoms with Crippen molar-refractivity contribution in [1.82, 2.24) is 4.98 Å². The van der Waals surface area contributed by atoms with Crippen molar-refractivity contribution in [3.05, 3.63) is 24.3 Å². The van der Waals surface area contributed by atoms with E-state index in [0.29, 0.717) is 12.6 Å². The first-order chi connectivity index (χ1) is 6.81. The van der Waals surface area contributed by atoms with Gasteiger partial charge in [-0.25, -0.2) is 0 Å². The van der Waals surface area contributed by atoms with Gasteiger partial charge in [-0.15, -0.1) is 0 Å². The molecule has 0 aliphatic carbocycles. The van der Waals surface area contributed by atoms with Gasteiger partial charge in [0.1, 0.15) is 5.52 Å². The van der Waals surface area contributed by atoms with Crippen LogP contribution in [0.4, 0.5) is 6.01 Å². The molecule has 0 bridgehead atoms. The molecule has 1 N–H and O–H groups in total. The molecule has 0 fully saturated rings. The molecule has 2 aromatic rings. The zero-order valence-corrected chi connectivity index (χ0v) is 7.97. The normalized spacial score (nSPS) is 10.7. The van der Waals surface area contributed by atoms with E-state index in [1.165, 1.54) is 0 Å². The molecule has 0 saturated heterocycles. The summed E-state index contributed by atoms with van der Waals surface area (Å²) in [5.41, 5.74) is 1.61. The molecule has 1 aromatic carbocycles.